The third-order valence-electron chi connectivity index (χ3n) is 5.64. The van der Waals surface area contributed by atoms with Gasteiger partial charge in [0.15, 0.2) is 11.5 Å². The van der Waals surface area contributed by atoms with Gasteiger partial charge < -0.3 is 19.5 Å². The number of methoxy groups -OCH3 is 1. The molecule has 0 saturated carbocycles. The van der Waals surface area contributed by atoms with Crippen LogP contribution in [0.4, 0.5) is 8.78 Å². The molecule has 1 N–H and O–H groups in total. The Labute approximate surface area is 180 Å². The number of nitrogens with one attached hydrogen (secondary N) is 1. The van der Waals surface area contributed by atoms with Crippen LogP contribution in [-0.2, 0) is 11.3 Å². The number of hydrogen-bond acceptors (Lipinski definition) is 5. The fourth-order valence-electron chi connectivity index (χ4n) is 4.17. The van der Waals surface area contributed by atoms with E-state index >= 15 is 0 Å². The van der Waals surface area contributed by atoms with Gasteiger partial charge in [0.25, 0.3) is 5.91 Å². The maximum atomic E-state index is 13.6. The van der Waals surface area contributed by atoms with Crippen LogP contribution < -0.4 is 19.5 Å². The molecule has 2 aromatic carbocycles. The van der Waals surface area contributed by atoms with Gasteiger partial charge in [-0.25, -0.2) is 0 Å². The molecule has 2 aliphatic rings. The van der Waals surface area contributed by atoms with E-state index in [-0.39, 0.29) is 6.04 Å². The zero-order valence-electron chi connectivity index (χ0n) is 17.6. The van der Waals surface area contributed by atoms with Crippen molar-refractivity contribution in [3.8, 4) is 17.2 Å². The number of amides is 1. The number of ether oxygens (including phenoxy) is 3. The summed E-state index contributed by atoms with van der Waals surface area (Å²) in [5.41, 5.74) is 1.92. The van der Waals surface area contributed by atoms with Gasteiger partial charge in [-0.05, 0) is 41.8 Å². The van der Waals surface area contributed by atoms with Crippen molar-refractivity contribution in [1.82, 2.24) is 10.2 Å². The van der Waals surface area contributed by atoms with Crippen molar-refractivity contribution >= 4 is 5.91 Å². The van der Waals surface area contributed by atoms with Crippen LogP contribution in [-0.4, -0.2) is 49.6 Å². The Balaban J connectivity index is 1.63. The van der Waals surface area contributed by atoms with Crippen molar-refractivity contribution in [3.05, 3.63) is 53.6 Å². The molecule has 0 radical (unpaired) electrons. The summed E-state index contributed by atoms with van der Waals surface area (Å²) in [4.78, 5) is 14.2. The van der Waals surface area contributed by atoms with Crippen molar-refractivity contribution in [3.63, 3.8) is 0 Å². The highest BCUT2D eigenvalue weighted by Crippen LogP contribution is 2.39. The number of carbonyl (C=O) groups is 1. The summed E-state index contributed by atoms with van der Waals surface area (Å²) in [6.45, 7) is 2.80. The minimum atomic E-state index is -3.43. The topological polar surface area (TPSA) is 60.0 Å². The molecule has 2 aliphatic heterocycles. The Morgan fingerprint density at radius 2 is 1.97 bits per heavy atom. The Morgan fingerprint density at radius 1 is 1.19 bits per heavy atom. The first kappa shape index (κ1) is 21.4. The maximum absolute atomic E-state index is 13.6. The van der Waals surface area contributed by atoms with Gasteiger partial charge in [-0.15, -0.1) is 0 Å². The summed E-state index contributed by atoms with van der Waals surface area (Å²) >= 11 is 0. The molecule has 31 heavy (non-hydrogen) atoms. The van der Waals surface area contributed by atoms with Gasteiger partial charge in [0.1, 0.15) is 19.0 Å². The van der Waals surface area contributed by atoms with Gasteiger partial charge in [-0.1, -0.05) is 18.2 Å². The van der Waals surface area contributed by atoms with Crippen LogP contribution >= 0.6 is 0 Å². The molecule has 2 aromatic rings. The molecule has 1 fully saturated rings. The normalized spacial score (nSPS) is 21.0. The van der Waals surface area contributed by atoms with E-state index in [1.54, 1.807) is 7.11 Å². The molecule has 166 valence electrons. The molecule has 0 aromatic heterocycles. The summed E-state index contributed by atoms with van der Waals surface area (Å²) in [5, 5.41) is 2.56. The van der Waals surface area contributed by atoms with Crippen LogP contribution in [0.25, 0.3) is 0 Å². The third-order valence-corrected chi connectivity index (χ3v) is 5.64. The summed E-state index contributed by atoms with van der Waals surface area (Å²) in [7, 11) is 1.61. The molecule has 4 rings (SSSR count). The molecule has 0 bridgehead atoms. The Bertz CT molecular complexity index is 947. The lowest BCUT2D eigenvalue weighted by Crippen LogP contribution is -2.46. The molecular formula is C23H26F2N2O4. The number of hydrogen-bond donors (Lipinski definition) is 1. The average Bonchev–Trinajstić information content (AvgIpc) is 3.14. The monoisotopic (exact) mass is 432 g/mol. The first-order valence-corrected chi connectivity index (χ1v) is 10.3. The van der Waals surface area contributed by atoms with E-state index in [4.69, 9.17) is 14.2 Å². The van der Waals surface area contributed by atoms with E-state index in [0.717, 1.165) is 16.9 Å². The number of nitrogens with zero attached hydrogens (tertiary/aromatic N) is 1. The fraction of sp³-hybridized carbons (Fsp3) is 0.435. The largest absolute Gasteiger partial charge is 0.497 e. The summed E-state index contributed by atoms with van der Waals surface area (Å²) < 4.78 is 43.8. The van der Waals surface area contributed by atoms with E-state index in [1.807, 2.05) is 42.5 Å². The maximum Gasteiger partial charge on any atom is 0.321 e. The molecule has 0 spiro atoms. The van der Waals surface area contributed by atoms with Crippen molar-refractivity contribution < 1.29 is 27.8 Å². The van der Waals surface area contributed by atoms with E-state index in [0.29, 0.717) is 51.1 Å². The second-order valence-corrected chi connectivity index (χ2v) is 7.93. The van der Waals surface area contributed by atoms with Gasteiger partial charge in [-0.2, -0.15) is 8.78 Å². The summed E-state index contributed by atoms with van der Waals surface area (Å²) in [6, 6.07) is 12.6. The van der Waals surface area contributed by atoms with Gasteiger partial charge in [0.05, 0.1) is 13.2 Å². The van der Waals surface area contributed by atoms with Crippen LogP contribution in [0.2, 0.25) is 0 Å². The van der Waals surface area contributed by atoms with Gasteiger partial charge in [0.2, 0.25) is 0 Å². The Hall–Kier alpha value is -2.87. The molecule has 2 atom stereocenters. The highest BCUT2D eigenvalue weighted by molar-refractivity contribution is 5.83. The van der Waals surface area contributed by atoms with Gasteiger partial charge in [-0.3, -0.25) is 9.69 Å². The standard InChI is InChI=1S/C23H26F2N2O4/c1-23(24,25)22(28)26-18-8-9-27(14-15-4-3-5-17(12-15)29-2)21(18)16-6-7-19-20(13-16)31-11-10-30-19/h3-7,12-13,18,21H,8-11,14H2,1-2H3,(H,26,28)/t18-,21+/m0/s1. The number of halogens is 2. The number of fused-ring (bicyclic) bond motifs is 1. The number of benzene rings is 2. The average molecular weight is 432 g/mol. The number of carbonyl (C=O) groups excluding carboxylic acids is 1. The zero-order valence-corrected chi connectivity index (χ0v) is 17.6. The molecule has 0 unspecified atom stereocenters. The molecule has 2 heterocycles. The van der Waals surface area contributed by atoms with E-state index < -0.39 is 17.9 Å². The first-order chi connectivity index (χ1) is 14.8. The van der Waals surface area contributed by atoms with Crippen molar-refractivity contribution in [1.29, 1.82) is 0 Å². The van der Waals surface area contributed by atoms with Crippen LogP contribution in [0.5, 0.6) is 17.2 Å². The molecule has 0 aliphatic carbocycles. The van der Waals surface area contributed by atoms with Crippen molar-refractivity contribution in [2.24, 2.45) is 0 Å². The lowest BCUT2D eigenvalue weighted by Gasteiger charge is -2.30. The Kier molecular flexibility index (Phi) is 6.00. The number of alkyl halides is 2. The number of rotatable bonds is 6. The number of likely N-dealkylation sites (tertiary alicyclic amines) is 1. The fourth-order valence-corrected chi connectivity index (χ4v) is 4.17. The molecule has 8 heteroatoms. The van der Waals surface area contributed by atoms with E-state index in [1.165, 1.54) is 0 Å². The van der Waals surface area contributed by atoms with Crippen molar-refractivity contribution in [2.45, 2.75) is 37.9 Å². The van der Waals surface area contributed by atoms with E-state index in [9.17, 15) is 13.6 Å². The van der Waals surface area contributed by atoms with Crippen LogP contribution in [0, 0.1) is 0 Å². The van der Waals surface area contributed by atoms with Crippen LogP contribution in [0.15, 0.2) is 42.5 Å². The Morgan fingerprint density at radius 3 is 2.71 bits per heavy atom. The predicted octanol–water partition coefficient (Wildman–Crippen LogP) is 3.55. The lowest BCUT2D eigenvalue weighted by atomic mass is 9.98. The van der Waals surface area contributed by atoms with Gasteiger partial charge >= 0.3 is 5.92 Å². The quantitative estimate of drug-likeness (QED) is 0.757. The van der Waals surface area contributed by atoms with E-state index in [2.05, 4.69) is 10.2 Å². The SMILES string of the molecule is COc1cccc(CN2CC[C@H](NC(=O)C(C)(F)F)[C@H]2c2ccc3c(c2)OCCO3)c1. The lowest BCUT2D eigenvalue weighted by molar-refractivity contribution is -0.144. The second kappa shape index (κ2) is 8.70. The molecular weight excluding hydrogens is 406 g/mol. The minimum absolute atomic E-state index is 0.284. The smallest absolute Gasteiger partial charge is 0.321 e. The minimum Gasteiger partial charge on any atom is -0.497 e. The summed E-state index contributed by atoms with van der Waals surface area (Å²) in [6.07, 6.45) is 0.560. The predicted molar refractivity (Wildman–Crippen MR) is 111 cm³/mol. The molecule has 6 nitrogen and oxygen atoms in total. The third kappa shape index (κ3) is 4.74. The highest BCUT2D eigenvalue weighted by atomic mass is 19.3. The van der Waals surface area contributed by atoms with Crippen molar-refractivity contribution in [2.75, 3.05) is 26.9 Å². The second-order valence-electron chi connectivity index (χ2n) is 7.93. The highest BCUT2D eigenvalue weighted by Gasteiger charge is 2.41. The molecule has 1 amide bonds. The first-order valence-electron chi connectivity index (χ1n) is 10.3. The van der Waals surface area contributed by atoms with Crippen LogP contribution in [0.3, 0.4) is 0 Å². The molecule has 1 saturated heterocycles. The van der Waals surface area contributed by atoms with Crippen LogP contribution in [0.1, 0.15) is 30.5 Å². The summed E-state index contributed by atoms with van der Waals surface area (Å²) in [5.74, 6) is -2.65. The van der Waals surface area contributed by atoms with Gasteiger partial charge in [0, 0.05) is 26.1 Å². The zero-order chi connectivity index (χ0) is 22.0.